The first-order valence-corrected chi connectivity index (χ1v) is 7.40. The van der Waals surface area contributed by atoms with Crippen LogP contribution < -0.4 is 5.32 Å². The topological polar surface area (TPSA) is 93.1 Å². The van der Waals surface area contributed by atoms with E-state index in [4.69, 9.17) is 32.0 Å². The zero-order valence-electron chi connectivity index (χ0n) is 12.8. The molecule has 1 saturated heterocycles. The first kappa shape index (κ1) is 19.6. The third-order valence-electron chi connectivity index (χ3n) is 2.95. The third-order valence-corrected chi connectivity index (χ3v) is 3.35. The van der Waals surface area contributed by atoms with Crippen molar-refractivity contribution in [2.45, 2.75) is 20.8 Å². The van der Waals surface area contributed by atoms with E-state index in [2.05, 4.69) is 35.9 Å². The number of carboxylic acid groups (broad SMARTS) is 2. The minimum Gasteiger partial charge on any atom is -0.473 e. The number of nitrogens with one attached hydrogen (secondary N) is 1. The van der Waals surface area contributed by atoms with Gasteiger partial charge in [-0.05, 0) is 24.7 Å². The summed E-state index contributed by atoms with van der Waals surface area (Å²) >= 11 is 5.36. The Bertz CT molecular complexity index is 343. The maximum absolute atomic E-state index is 9.10. The molecule has 7 nitrogen and oxygen atoms in total. The van der Waals surface area contributed by atoms with Gasteiger partial charge in [0.05, 0.1) is 0 Å². The van der Waals surface area contributed by atoms with Crippen LogP contribution in [0.4, 0.5) is 0 Å². The number of nitrogens with zero attached hydrogens (tertiary/aromatic N) is 2. The number of likely N-dealkylation sites (N-methyl/N-ethyl adjacent to an activating group) is 1. The lowest BCUT2D eigenvalue weighted by atomic mass is 10.2. The molecule has 1 heterocycles. The number of rotatable bonds is 3. The van der Waals surface area contributed by atoms with E-state index < -0.39 is 11.9 Å². The number of hydrogen-bond donors (Lipinski definition) is 3. The van der Waals surface area contributed by atoms with Crippen LogP contribution in [-0.2, 0) is 9.59 Å². The summed E-state index contributed by atoms with van der Waals surface area (Å²) in [5, 5.41) is 19.0. The quantitative estimate of drug-likeness (QED) is 0.505. The van der Waals surface area contributed by atoms with Gasteiger partial charge in [0, 0.05) is 32.7 Å². The molecule has 122 valence electrons. The standard InChI is InChI=1S/C11H23N3S.C2H2O4/c1-4-13-5-7-14(8-6-13)11(15)12-9-10(2)3;3-1(4)2(5)6/h10H,4-9H2,1-3H3,(H,12,15);(H,3,4)(H,5,6). The van der Waals surface area contributed by atoms with Crippen LogP contribution in [0, 0.1) is 5.92 Å². The molecular formula is C13H25N3O4S. The van der Waals surface area contributed by atoms with Crippen molar-refractivity contribution in [2.24, 2.45) is 5.92 Å². The van der Waals surface area contributed by atoms with Crippen LogP contribution in [0.25, 0.3) is 0 Å². The van der Waals surface area contributed by atoms with Crippen LogP contribution >= 0.6 is 12.2 Å². The zero-order chi connectivity index (χ0) is 16.4. The van der Waals surface area contributed by atoms with Crippen molar-refractivity contribution in [3.8, 4) is 0 Å². The highest BCUT2D eigenvalue weighted by molar-refractivity contribution is 7.80. The first-order valence-electron chi connectivity index (χ1n) is 6.99. The first-order chi connectivity index (χ1) is 9.77. The Morgan fingerprint density at radius 3 is 1.95 bits per heavy atom. The van der Waals surface area contributed by atoms with Crippen molar-refractivity contribution in [1.82, 2.24) is 15.1 Å². The van der Waals surface area contributed by atoms with Gasteiger partial charge in [0.2, 0.25) is 0 Å². The predicted molar refractivity (Wildman–Crippen MR) is 84.4 cm³/mol. The van der Waals surface area contributed by atoms with Crippen LogP contribution in [0.1, 0.15) is 20.8 Å². The molecule has 21 heavy (non-hydrogen) atoms. The smallest absolute Gasteiger partial charge is 0.414 e. The van der Waals surface area contributed by atoms with Crippen molar-refractivity contribution in [3.05, 3.63) is 0 Å². The molecule has 0 aromatic carbocycles. The van der Waals surface area contributed by atoms with E-state index in [9.17, 15) is 0 Å². The largest absolute Gasteiger partial charge is 0.473 e. The Labute approximate surface area is 130 Å². The molecule has 0 bridgehead atoms. The average molecular weight is 319 g/mol. The summed E-state index contributed by atoms with van der Waals surface area (Å²) in [5.74, 6) is -3.00. The van der Waals surface area contributed by atoms with Crippen LogP contribution in [0.15, 0.2) is 0 Å². The van der Waals surface area contributed by atoms with Crippen molar-refractivity contribution in [2.75, 3.05) is 39.3 Å². The van der Waals surface area contributed by atoms with Gasteiger partial charge in [-0.25, -0.2) is 9.59 Å². The summed E-state index contributed by atoms with van der Waals surface area (Å²) in [7, 11) is 0. The third kappa shape index (κ3) is 9.19. The highest BCUT2D eigenvalue weighted by Gasteiger charge is 2.17. The van der Waals surface area contributed by atoms with Gasteiger partial charge in [0.15, 0.2) is 5.11 Å². The Balaban J connectivity index is 0.000000567. The number of aliphatic carboxylic acids is 2. The molecule has 8 heteroatoms. The Morgan fingerprint density at radius 2 is 1.62 bits per heavy atom. The molecule has 1 fully saturated rings. The van der Waals surface area contributed by atoms with Crippen molar-refractivity contribution in [3.63, 3.8) is 0 Å². The second kappa shape index (κ2) is 10.3. The van der Waals surface area contributed by atoms with Crippen LogP contribution in [0.3, 0.4) is 0 Å². The second-order valence-corrected chi connectivity index (χ2v) is 5.50. The van der Waals surface area contributed by atoms with Gasteiger partial charge in [-0.3, -0.25) is 0 Å². The van der Waals surface area contributed by atoms with Gasteiger partial charge in [-0.15, -0.1) is 0 Å². The van der Waals surface area contributed by atoms with E-state index >= 15 is 0 Å². The van der Waals surface area contributed by atoms with Gasteiger partial charge in [-0.1, -0.05) is 20.8 Å². The molecule has 0 aromatic heterocycles. The fraction of sp³-hybridized carbons (Fsp3) is 0.769. The maximum Gasteiger partial charge on any atom is 0.414 e. The van der Waals surface area contributed by atoms with E-state index in [-0.39, 0.29) is 0 Å². The summed E-state index contributed by atoms with van der Waals surface area (Å²) in [6.07, 6.45) is 0. The van der Waals surface area contributed by atoms with Crippen molar-refractivity contribution in [1.29, 1.82) is 0 Å². The van der Waals surface area contributed by atoms with Gasteiger partial charge in [-0.2, -0.15) is 0 Å². The van der Waals surface area contributed by atoms with Crippen molar-refractivity contribution >= 4 is 29.3 Å². The van der Waals surface area contributed by atoms with Crippen LogP contribution in [-0.4, -0.2) is 76.3 Å². The minimum absolute atomic E-state index is 0.653. The number of thiocarbonyl (C=S) groups is 1. The predicted octanol–water partition coefficient (Wildman–Crippen LogP) is 0.310. The lowest BCUT2D eigenvalue weighted by molar-refractivity contribution is -0.159. The van der Waals surface area contributed by atoms with Gasteiger partial charge >= 0.3 is 11.9 Å². The molecule has 1 rings (SSSR count). The van der Waals surface area contributed by atoms with E-state index in [1.807, 2.05) is 0 Å². The number of piperazine rings is 1. The Kier molecular flexibility index (Phi) is 9.64. The lowest BCUT2D eigenvalue weighted by Gasteiger charge is -2.35. The van der Waals surface area contributed by atoms with E-state index in [0.717, 1.165) is 44.4 Å². The highest BCUT2D eigenvalue weighted by atomic mass is 32.1. The van der Waals surface area contributed by atoms with Crippen molar-refractivity contribution < 1.29 is 19.8 Å². The summed E-state index contributed by atoms with van der Waals surface area (Å²) in [6.45, 7) is 13.2. The Hall–Kier alpha value is -1.41. The molecule has 0 unspecified atom stereocenters. The summed E-state index contributed by atoms with van der Waals surface area (Å²) in [6, 6.07) is 0. The monoisotopic (exact) mass is 319 g/mol. The molecule has 1 aliphatic rings. The average Bonchev–Trinajstić information content (AvgIpc) is 2.45. The summed E-state index contributed by atoms with van der Waals surface area (Å²) in [4.78, 5) is 22.9. The van der Waals surface area contributed by atoms with Gasteiger partial charge in [0.25, 0.3) is 0 Å². The van der Waals surface area contributed by atoms with E-state index in [1.54, 1.807) is 0 Å². The Morgan fingerprint density at radius 1 is 1.14 bits per heavy atom. The molecule has 0 radical (unpaired) electrons. The minimum atomic E-state index is -1.82. The maximum atomic E-state index is 9.10. The van der Waals surface area contributed by atoms with Crippen LogP contribution in [0.2, 0.25) is 0 Å². The fourth-order valence-electron chi connectivity index (χ4n) is 1.67. The molecule has 0 atom stereocenters. The summed E-state index contributed by atoms with van der Waals surface area (Å²) in [5.41, 5.74) is 0. The number of hydrogen-bond acceptors (Lipinski definition) is 4. The second-order valence-electron chi connectivity index (χ2n) is 5.11. The van der Waals surface area contributed by atoms with Gasteiger partial charge in [0.1, 0.15) is 0 Å². The molecule has 0 amide bonds. The highest BCUT2D eigenvalue weighted by Crippen LogP contribution is 2.01. The molecule has 1 aliphatic heterocycles. The summed E-state index contributed by atoms with van der Waals surface area (Å²) < 4.78 is 0. The lowest BCUT2D eigenvalue weighted by Crippen LogP contribution is -2.51. The molecule has 0 spiro atoms. The fourth-order valence-corrected chi connectivity index (χ4v) is 1.94. The zero-order valence-corrected chi connectivity index (χ0v) is 13.7. The molecule has 0 saturated carbocycles. The molecule has 0 aromatic rings. The van der Waals surface area contributed by atoms with Crippen LogP contribution in [0.5, 0.6) is 0 Å². The van der Waals surface area contributed by atoms with E-state index in [0.29, 0.717) is 5.92 Å². The van der Waals surface area contributed by atoms with E-state index in [1.165, 1.54) is 0 Å². The molecular weight excluding hydrogens is 294 g/mol. The number of carbonyl (C=O) groups is 2. The molecule has 0 aliphatic carbocycles. The van der Waals surface area contributed by atoms with Gasteiger partial charge < -0.3 is 25.3 Å². The SMILES string of the molecule is CCN1CCN(C(=S)NCC(C)C)CC1.O=C(O)C(=O)O. The number of carboxylic acids is 2. The molecule has 3 N–H and O–H groups in total. The normalized spacial score (nSPS) is 15.1.